The SMILES string of the molecule is Cc1ccc(N2CC3CC(C2=O)N3C(=O)/C=C/CN(C)C)s1. The summed E-state index contributed by atoms with van der Waals surface area (Å²) in [6.07, 6.45) is 4.24. The van der Waals surface area contributed by atoms with Gasteiger partial charge >= 0.3 is 0 Å². The number of likely N-dealkylation sites (N-methyl/N-ethyl adjacent to an activating group) is 1. The van der Waals surface area contributed by atoms with Gasteiger partial charge in [0.15, 0.2) is 0 Å². The molecule has 0 N–H and O–H groups in total. The molecule has 118 valence electrons. The third-order valence-electron chi connectivity index (χ3n) is 4.15. The van der Waals surface area contributed by atoms with Crippen LogP contribution in [0.5, 0.6) is 0 Å². The molecule has 1 aromatic heterocycles. The van der Waals surface area contributed by atoms with Gasteiger partial charge in [0.25, 0.3) is 5.91 Å². The van der Waals surface area contributed by atoms with Gasteiger partial charge in [-0.15, -0.1) is 11.3 Å². The van der Waals surface area contributed by atoms with Crippen LogP contribution in [0.15, 0.2) is 24.3 Å². The first-order valence-electron chi connectivity index (χ1n) is 7.48. The van der Waals surface area contributed by atoms with E-state index in [4.69, 9.17) is 0 Å². The number of fused-ring (bicyclic) bond motifs is 2. The molecule has 2 unspecified atom stereocenters. The van der Waals surface area contributed by atoms with Crippen LogP contribution >= 0.6 is 11.3 Å². The van der Waals surface area contributed by atoms with E-state index in [0.29, 0.717) is 6.54 Å². The zero-order valence-electron chi connectivity index (χ0n) is 13.2. The predicted octanol–water partition coefficient (Wildman–Crippen LogP) is 1.49. The molecule has 3 aliphatic heterocycles. The molecule has 2 amide bonds. The second kappa shape index (κ2) is 5.85. The Morgan fingerprint density at radius 1 is 1.45 bits per heavy atom. The lowest BCUT2D eigenvalue weighted by molar-refractivity contribution is -0.152. The van der Waals surface area contributed by atoms with Crippen LogP contribution < -0.4 is 4.90 Å². The average Bonchev–Trinajstić information content (AvgIpc) is 2.84. The van der Waals surface area contributed by atoms with Crippen molar-refractivity contribution < 1.29 is 9.59 Å². The summed E-state index contributed by atoms with van der Waals surface area (Å²) in [5, 5.41) is 0.993. The summed E-state index contributed by atoms with van der Waals surface area (Å²) in [7, 11) is 3.91. The summed E-state index contributed by atoms with van der Waals surface area (Å²) < 4.78 is 0. The Morgan fingerprint density at radius 2 is 2.23 bits per heavy atom. The molecule has 3 aliphatic rings. The predicted molar refractivity (Wildman–Crippen MR) is 88.1 cm³/mol. The van der Waals surface area contributed by atoms with E-state index in [1.165, 1.54) is 4.88 Å². The normalized spacial score (nSPS) is 24.3. The maximum Gasteiger partial charge on any atom is 0.250 e. The molecule has 0 spiro atoms. The third-order valence-corrected chi connectivity index (χ3v) is 5.17. The number of carbonyl (C=O) groups is 2. The Bertz CT molecular complexity index is 623. The van der Waals surface area contributed by atoms with Crippen LogP contribution in [0.25, 0.3) is 0 Å². The highest BCUT2D eigenvalue weighted by Crippen LogP contribution is 2.38. The zero-order chi connectivity index (χ0) is 15.9. The maximum absolute atomic E-state index is 12.6. The molecular weight excluding hydrogens is 298 g/mol. The lowest BCUT2D eigenvalue weighted by Crippen LogP contribution is -2.72. The third kappa shape index (κ3) is 2.68. The van der Waals surface area contributed by atoms with Crippen LogP contribution in [-0.4, -0.2) is 60.9 Å². The fraction of sp³-hybridized carbons (Fsp3) is 0.500. The summed E-state index contributed by atoms with van der Waals surface area (Å²) in [4.78, 5) is 31.6. The van der Waals surface area contributed by atoms with Gasteiger partial charge in [-0.3, -0.25) is 14.5 Å². The van der Waals surface area contributed by atoms with Crippen LogP contribution in [0.4, 0.5) is 5.00 Å². The van der Waals surface area contributed by atoms with Gasteiger partial charge in [0.1, 0.15) is 6.04 Å². The number of amides is 2. The van der Waals surface area contributed by atoms with Crippen molar-refractivity contribution in [3.05, 3.63) is 29.2 Å². The molecule has 0 saturated carbocycles. The average molecular weight is 319 g/mol. The minimum absolute atomic E-state index is 0.0431. The number of rotatable bonds is 4. The number of carbonyl (C=O) groups excluding carboxylic acids is 2. The van der Waals surface area contributed by atoms with Crippen LogP contribution in [0.3, 0.4) is 0 Å². The first-order valence-corrected chi connectivity index (χ1v) is 8.30. The Labute approximate surface area is 134 Å². The van der Waals surface area contributed by atoms with E-state index in [1.807, 2.05) is 49.0 Å². The summed E-state index contributed by atoms with van der Waals surface area (Å²) in [5.41, 5.74) is 0. The molecule has 22 heavy (non-hydrogen) atoms. The molecule has 0 aromatic carbocycles. The van der Waals surface area contributed by atoms with Gasteiger partial charge in [-0.1, -0.05) is 6.08 Å². The summed E-state index contributed by atoms with van der Waals surface area (Å²) in [6.45, 7) is 3.38. The van der Waals surface area contributed by atoms with E-state index in [2.05, 4.69) is 0 Å². The molecule has 1 aromatic rings. The number of nitrogens with zero attached hydrogens (tertiary/aromatic N) is 3. The Hall–Kier alpha value is -1.66. The van der Waals surface area contributed by atoms with E-state index in [9.17, 15) is 9.59 Å². The lowest BCUT2D eigenvalue weighted by Gasteiger charge is -2.54. The number of piperazine rings is 1. The fourth-order valence-corrected chi connectivity index (χ4v) is 3.89. The largest absolute Gasteiger partial charge is 0.322 e. The number of thiophene rings is 1. The van der Waals surface area contributed by atoms with E-state index < -0.39 is 0 Å². The number of aryl methyl sites for hydroxylation is 1. The first-order chi connectivity index (χ1) is 10.5. The van der Waals surface area contributed by atoms with E-state index >= 15 is 0 Å². The highest BCUT2D eigenvalue weighted by atomic mass is 32.1. The molecule has 4 rings (SSSR count). The first kappa shape index (κ1) is 15.2. The zero-order valence-corrected chi connectivity index (χ0v) is 14.0. The van der Waals surface area contributed by atoms with E-state index in [0.717, 1.165) is 18.0 Å². The van der Waals surface area contributed by atoms with Crippen molar-refractivity contribution in [1.82, 2.24) is 9.80 Å². The van der Waals surface area contributed by atoms with Gasteiger partial charge in [0.05, 0.1) is 11.0 Å². The monoisotopic (exact) mass is 319 g/mol. The van der Waals surface area contributed by atoms with Gasteiger partial charge in [-0.25, -0.2) is 0 Å². The van der Waals surface area contributed by atoms with E-state index in [-0.39, 0.29) is 23.9 Å². The van der Waals surface area contributed by atoms with Crippen molar-refractivity contribution in [3.8, 4) is 0 Å². The summed E-state index contributed by atoms with van der Waals surface area (Å²) >= 11 is 1.63. The molecular formula is C16H21N3O2S. The smallest absolute Gasteiger partial charge is 0.250 e. The molecule has 2 bridgehead atoms. The minimum atomic E-state index is -0.280. The van der Waals surface area contributed by atoms with Crippen molar-refractivity contribution in [2.45, 2.75) is 25.4 Å². The molecule has 4 heterocycles. The Morgan fingerprint density at radius 3 is 2.82 bits per heavy atom. The van der Waals surface area contributed by atoms with Gasteiger partial charge in [0.2, 0.25) is 5.91 Å². The number of anilines is 1. The second-order valence-corrected chi connectivity index (χ2v) is 7.41. The van der Waals surface area contributed by atoms with Gasteiger partial charge < -0.3 is 9.80 Å². The molecule has 0 radical (unpaired) electrons. The number of hydrogen-bond acceptors (Lipinski definition) is 4. The minimum Gasteiger partial charge on any atom is -0.322 e. The standard InChI is InChI=1S/C16H21N3O2S/c1-11-6-7-15(22-11)18-10-12-9-13(16(18)21)19(12)14(20)5-4-8-17(2)3/h4-7,12-13H,8-10H2,1-3H3/b5-4+. The quantitative estimate of drug-likeness (QED) is 0.790. The van der Waals surface area contributed by atoms with Crippen LogP contribution in [-0.2, 0) is 9.59 Å². The highest BCUT2D eigenvalue weighted by Gasteiger charge is 2.52. The van der Waals surface area contributed by atoms with Crippen LogP contribution in [0, 0.1) is 6.92 Å². The van der Waals surface area contributed by atoms with Crippen molar-refractivity contribution >= 4 is 28.2 Å². The van der Waals surface area contributed by atoms with Crippen molar-refractivity contribution in [2.24, 2.45) is 0 Å². The Balaban J connectivity index is 1.67. The molecule has 3 saturated heterocycles. The van der Waals surface area contributed by atoms with Crippen LogP contribution in [0.2, 0.25) is 0 Å². The van der Waals surface area contributed by atoms with E-state index in [1.54, 1.807) is 22.3 Å². The summed E-state index contributed by atoms with van der Waals surface area (Å²) in [6, 6.07) is 3.89. The second-order valence-electron chi connectivity index (χ2n) is 6.15. The maximum atomic E-state index is 12.6. The number of hydrogen-bond donors (Lipinski definition) is 0. The van der Waals surface area contributed by atoms with Crippen LogP contribution in [0.1, 0.15) is 11.3 Å². The number of piperidine rings is 1. The molecule has 3 fully saturated rings. The van der Waals surface area contributed by atoms with Gasteiger partial charge in [0, 0.05) is 24.0 Å². The van der Waals surface area contributed by atoms with Gasteiger partial charge in [-0.05, 0) is 39.6 Å². The fourth-order valence-electron chi connectivity index (χ4n) is 3.01. The molecule has 0 aliphatic carbocycles. The van der Waals surface area contributed by atoms with Crippen molar-refractivity contribution in [2.75, 3.05) is 32.1 Å². The molecule has 5 nitrogen and oxygen atoms in total. The van der Waals surface area contributed by atoms with Gasteiger partial charge in [-0.2, -0.15) is 0 Å². The van der Waals surface area contributed by atoms with Crippen molar-refractivity contribution in [3.63, 3.8) is 0 Å². The molecule has 6 heteroatoms. The Kier molecular flexibility index (Phi) is 4.06. The highest BCUT2D eigenvalue weighted by molar-refractivity contribution is 7.16. The summed E-state index contributed by atoms with van der Waals surface area (Å²) in [5.74, 6) is 0.0113. The molecule has 2 atom stereocenters. The van der Waals surface area contributed by atoms with Crippen molar-refractivity contribution in [1.29, 1.82) is 0 Å². The topological polar surface area (TPSA) is 43.9 Å². The lowest BCUT2D eigenvalue weighted by atomic mass is 9.86.